The van der Waals surface area contributed by atoms with Crippen LogP contribution in [0.3, 0.4) is 0 Å². The second-order valence-corrected chi connectivity index (χ2v) is 6.14. The Labute approximate surface area is 114 Å². The highest BCUT2D eigenvalue weighted by atomic mass is 32.2. The van der Waals surface area contributed by atoms with Crippen molar-refractivity contribution in [3.05, 3.63) is 46.2 Å². The van der Waals surface area contributed by atoms with Crippen molar-refractivity contribution in [2.75, 3.05) is 5.75 Å². The van der Waals surface area contributed by atoms with E-state index < -0.39 is 6.10 Å². The van der Waals surface area contributed by atoms with Crippen LogP contribution in [0.25, 0.3) is 0 Å². The van der Waals surface area contributed by atoms with Gasteiger partial charge in [-0.2, -0.15) is 0 Å². The van der Waals surface area contributed by atoms with Gasteiger partial charge in [-0.3, -0.25) is 0 Å². The number of aliphatic hydroxyl groups is 1. The van der Waals surface area contributed by atoms with Crippen LogP contribution in [0, 0.1) is 12.7 Å². The molecule has 2 nitrogen and oxygen atoms in total. The Bertz CT molecular complexity index is 498. The number of aromatic nitrogens is 1. The number of aryl methyl sites for hydroxylation is 1. The van der Waals surface area contributed by atoms with E-state index in [0.29, 0.717) is 12.2 Å². The highest BCUT2D eigenvalue weighted by Gasteiger charge is 2.08. The maximum atomic E-state index is 12.7. The lowest BCUT2D eigenvalue weighted by Crippen LogP contribution is -2.13. The van der Waals surface area contributed by atoms with Crippen LogP contribution in [0.1, 0.15) is 10.7 Å². The molecule has 1 aromatic heterocycles. The fourth-order valence-electron chi connectivity index (χ4n) is 1.53. The summed E-state index contributed by atoms with van der Waals surface area (Å²) in [6, 6.07) is 6.30. The first-order chi connectivity index (χ1) is 8.63. The van der Waals surface area contributed by atoms with Gasteiger partial charge in [0.2, 0.25) is 0 Å². The lowest BCUT2D eigenvalue weighted by Gasteiger charge is -2.08. The van der Waals surface area contributed by atoms with Gasteiger partial charge in [0.05, 0.1) is 16.8 Å². The van der Waals surface area contributed by atoms with E-state index in [2.05, 4.69) is 4.98 Å². The van der Waals surface area contributed by atoms with Crippen LogP contribution in [-0.4, -0.2) is 21.9 Å². The lowest BCUT2D eigenvalue weighted by atomic mass is 10.2. The van der Waals surface area contributed by atoms with Crippen LogP contribution >= 0.6 is 23.1 Å². The molecule has 0 radical (unpaired) electrons. The zero-order chi connectivity index (χ0) is 13.0. The van der Waals surface area contributed by atoms with Crippen molar-refractivity contribution in [2.24, 2.45) is 0 Å². The van der Waals surface area contributed by atoms with Gasteiger partial charge in [-0.15, -0.1) is 23.1 Å². The van der Waals surface area contributed by atoms with Crippen LogP contribution in [-0.2, 0) is 6.42 Å². The molecular weight excluding hydrogens is 269 g/mol. The summed E-state index contributed by atoms with van der Waals surface area (Å²) in [6.45, 7) is 1.95. The van der Waals surface area contributed by atoms with Crippen LogP contribution in [0.2, 0.25) is 0 Å². The molecule has 1 unspecified atom stereocenters. The van der Waals surface area contributed by atoms with E-state index in [0.717, 1.165) is 15.6 Å². The average Bonchev–Trinajstić information content (AvgIpc) is 2.74. The molecule has 0 saturated heterocycles. The van der Waals surface area contributed by atoms with Gasteiger partial charge in [0.25, 0.3) is 0 Å². The van der Waals surface area contributed by atoms with E-state index in [1.165, 1.54) is 23.9 Å². The van der Waals surface area contributed by atoms with Gasteiger partial charge in [0, 0.05) is 22.4 Å². The van der Waals surface area contributed by atoms with Crippen molar-refractivity contribution in [1.82, 2.24) is 4.98 Å². The Morgan fingerprint density at radius 3 is 2.72 bits per heavy atom. The summed E-state index contributed by atoms with van der Waals surface area (Å²) in [4.78, 5) is 5.28. The molecule has 1 heterocycles. The molecule has 0 fully saturated rings. The second kappa shape index (κ2) is 6.31. The van der Waals surface area contributed by atoms with E-state index >= 15 is 0 Å². The molecule has 18 heavy (non-hydrogen) atoms. The van der Waals surface area contributed by atoms with Crippen LogP contribution in [0.15, 0.2) is 34.5 Å². The zero-order valence-corrected chi connectivity index (χ0v) is 11.6. The minimum absolute atomic E-state index is 0.238. The molecule has 2 rings (SSSR count). The molecule has 1 N–H and O–H groups in total. The Morgan fingerprint density at radius 2 is 2.11 bits per heavy atom. The van der Waals surface area contributed by atoms with Crippen molar-refractivity contribution in [2.45, 2.75) is 24.3 Å². The number of rotatable bonds is 5. The number of halogens is 1. The van der Waals surface area contributed by atoms with Gasteiger partial charge < -0.3 is 5.11 Å². The maximum Gasteiger partial charge on any atom is 0.123 e. The zero-order valence-electron chi connectivity index (χ0n) is 9.97. The normalized spacial score (nSPS) is 12.6. The highest BCUT2D eigenvalue weighted by molar-refractivity contribution is 7.99. The topological polar surface area (TPSA) is 33.1 Å². The summed E-state index contributed by atoms with van der Waals surface area (Å²) >= 11 is 3.11. The molecule has 5 heteroatoms. The number of hydrogen-bond acceptors (Lipinski definition) is 4. The number of hydrogen-bond donors (Lipinski definition) is 1. The molecule has 0 bridgehead atoms. The average molecular weight is 283 g/mol. The van der Waals surface area contributed by atoms with Gasteiger partial charge >= 0.3 is 0 Å². The number of thioether (sulfide) groups is 1. The number of aliphatic hydroxyl groups excluding tert-OH is 1. The summed E-state index contributed by atoms with van der Waals surface area (Å²) in [5.74, 6) is 0.347. The fraction of sp³-hybridized carbons (Fsp3) is 0.308. The van der Waals surface area contributed by atoms with E-state index in [9.17, 15) is 9.50 Å². The Kier molecular flexibility index (Phi) is 4.74. The summed E-state index contributed by atoms with van der Waals surface area (Å²) < 4.78 is 12.7. The van der Waals surface area contributed by atoms with Gasteiger partial charge in [-0.25, -0.2) is 9.37 Å². The van der Waals surface area contributed by atoms with Crippen molar-refractivity contribution < 1.29 is 9.50 Å². The van der Waals surface area contributed by atoms with E-state index in [1.807, 2.05) is 12.3 Å². The first kappa shape index (κ1) is 13.5. The number of thiazole rings is 1. The SMILES string of the molecule is Cc1nc(CC(O)CSc2ccc(F)cc2)cs1. The predicted octanol–water partition coefficient (Wildman–Crippen LogP) is 3.29. The number of nitrogens with zero attached hydrogens (tertiary/aromatic N) is 1. The third-order valence-electron chi connectivity index (χ3n) is 2.37. The molecule has 0 aliphatic carbocycles. The molecule has 0 amide bonds. The van der Waals surface area contributed by atoms with E-state index in [4.69, 9.17) is 0 Å². The minimum Gasteiger partial charge on any atom is -0.392 e. The van der Waals surface area contributed by atoms with Gasteiger partial charge in [0.1, 0.15) is 5.82 Å². The molecule has 1 aromatic carbocycles. The van der Waals surface area contributed by atoms with Crippen LogP contribution < -0.4 is 0 Å². The molecule has 0 aliphatic heterocycles. The Hall–Kier alpha value is -0.910. The summed E-state index contributed by atoms with van der Waals surface area (Å²) in [7, 11) is 0. The summed E-state index contributed by atoms with van der Waals surface area (Å²) in [5, 5.41) is 12.9. The number of benzene rings is 1. The molecule has 2 aromatic rings. The van der Waals surface area contributed by atoms with Gasteiger partial charge in [-0.05, 0) is 31.2 Å². The highest BCUT2D eigenvalue weighted by Crippen LogP contribution is 2.20. The second-order valence-electron chi connectivity index (χ2n) is 3.98. The van der Waals surface area contributed by atoms with Crippen LogP contribution in [0.4, 0.5) is 4.39 Å². The smallest absolute Gasteiger partial charge is 0.123 e. The molecule has 0 spiro atoms. The standard InChI is InChI=1S/C13H14FNOS2/c1-9-15-11(7-17-9)6-12(16)8-18-13-4-2-10(14)3-5-13/h2-5,7,12,16H,6,8H2,1H3. The van der Waals surface area contributed by atoms with Crippen molar-refractivity contribution in [3.8, 4) is 0 Å². The Morgan fingerprint density at radius 1 is 1.39 bits per heavy atom. The molecule has 0 aliphatic rings. The third kappa shape index (κ3) is 4.08. The molecule has 0 saturated carbocycles. The Balaban J connectivity index is 1.81. The molecular formula is C13H14FNOS2. The fourth-order valence-corrected chi connectivity index (χ4v) is 2.98. The van der Waals surface area contributed by atoms with Gasteiger partial charge in [-0.1, -0.05) is 0 Å². The quantitative estimate of drug-likeness (QED) is 0.855. The van der Waals surface area contributed by atoms with Crippen molar-refractivity contribution >= 4 is 23.1 Å². The molecule has 96 valence electrons. The largest absolute Gasteiger partial charge is 0.392 e. The van der Waals surface area contributed by atoms with E-state index in [-0.39, 0.29) is 5.82 Å². The minimum atomic E-state index is -0.429. The first-order valence-electron chi connectivity index (χ1n) is 5.61. The predicted molar refractivity (Wildman–Crippen MR) is 73.7 cm³/mol. The lowest BCUT2D eigenvalue weighted by molar-refractivity contribution is 0.199. The summed E-state index contributed by atoms with van der Waals surface area (Å²) in [6.07, 6.45) is 0.139. The van der Waals surface area contributed by atoms with Crippen LogP contribution in [0.5, 0.6) is 0 Å². The monoisotopic (exact) mass is 283 g/mol. The summed E-state index contributed by atoms with van der Waals surface area (Å²) in [5.41, 5.74) is 0.935. The first-order valence-corrected chi connectivity index (χ1v) is 7.47. The third-order valence-corrected chi connectivity index (χ3v) is 4.35. The van der Waals surface area contributed by atoms with E-state index in [1.54, 1.807) is 23.5 Å². The maximum absolute atomic E-state index is 12.7. The van der Waals surface area contributed by atoms with Crippen molar-refractivity contribution in [3.63, 3.8) is 0 Å². The molecule has 1 atom stereocenters. The van der Waals surface area contributed by atoms with Crippen molar-refractivity contribution in [1.29, 1.82) is 0 Å². The van der Waals surface area contributed by atoms with Gasteiger partial charge in [0.15, 0.2) is 0 Å².